The van der Waals surface area contributed by atoms with Crippen molar-refractivity contribution in [1.29, 1.82) is 0 Å². The number of carbonyl (C=O) groups is 2. The number of carboxylic acid groups (broad SMARTS) is 2. The van der Waals surface area contributed by atoms with Gasteiger partial charge >= 0.3 is 12.1 Å². The molecule has 2 N–H and O–H groups in total. The molecule has 1 unspecified atom stereocenters. The lowest BCUT2D eigenvalue weighted by Gasteiger charge is -2.64. The second-order valence-corrected chi connectivity index (χ2v) is 12.3. The van der Waals surface area contributed by atoms with E-state index in [0.717, 1.165) is 0 Å². The van der Waals surface area contributed by atoms with Crippen LogP contribution in [0.5, 0.6) is 0 Å². The predicted octanol–water partition coefficient (Wildman–Crippen LogP) is 5.94. The average molecular weight is 569 g/mol. The number of carboxylic acids is 1. The molecule has 1 saturated heterocycles. The Hall–Kier alpha value is -1.16. The van der Waals surface area contributed by atoms with E-state index < -0.39 is 45.6 Å². The Morgan fingerprint density at radius 3 is 2.26 bits per heavy atom. The van der Waals surface area contributed by atoms with Gasteiger partial charge in [0.2, 0.25) is 0 Å². The molecular formula is C22H31ClFIN2O4. The van der Waals surface area contributed by atoms with Gasteiger partial charge in [-0.3, -0.25) is 4.79 Å². The van der Waals surface area contributed by atoms with E-state index in [1.165, 1.54) is 11.0 Å². The highest BCUT2D eigenvalue weighted by Gasteiger charge is 2.66. The van der Waals surface area contributed by atoms with E-state index in [2.05, 4.69) is 4.98 Å². The van der Waals surface area contributed by atoms with Crippen LogP contribution in [0.1, 0.15) is 60.6 Å². The molecule has 2 heterocycles. The van der Waals surface area contributed by atoms with Crippen molar-refractivity contribution in [3.63, 3.8) is 0 Å². The van der Waals surface area contributed by atoms with Crippen molar-refractivity contribution in [3.05, 3.63) is 26.3 Å². The summed E-state index contributed by atoms with van der Waals surface area (Å²) in [5.74, 6) is -2.31. The van der Waals surface area contributed by atoms with Crippen LogP contribution in [0.3, 0.4) is 0 Å². The highest BCUT2D eigenvalue weighted by molar-refractivity contribution is 14.1. The van der Waals surface area contributed by atoms with Crippen molar-refractivity contribution in [1.82, 2.24) is 9.88 Å². The van der Waals surface area contributed by atoms with E-state index in [1.54, 1.807) is 0 Å². The van der Waals surface area contributed by atoms with Gasteiger partial charge in [-0.25, -0.2) is 14.2 Å². The standard InChI is InChI=1S/C22H31ClFIN2O4/c1-19(2,3)16-21(7,20(4,5)6)27(18(30)31)9-8-22(16,17(28)29)11-13-15(24)12(25)10-14(23)26-13/h10,16H,8-9,11H2,1-7H3,(H,28,29)(H,30,31)/t16?,21-,22-/m1/s1. The fraction of sp³-hybridized carbons (Fsp3) is 0.682. The van der Waals surface area contributed by atoms with Gasteiger partial charge in [0.25, 0.3) is 0 Å². The van der Waals surface area contributed by atoms with Gasteiger partial charge in [0.15, 0.2) is 5.82 Å². The van der Waals surface area contributed by atoms with Crippen LogP contribution in [0.25, 0.3) is 0 Å². The van der Waals surface area contributed by atoms with Crippen LogP contribution in [0.2, 0.25) is 5.15 Å². The van der Waals surface area contributed by atoms with Crippen LogP contribution in [0.4, 0.5) is 9.18 Å². The summed E-state index contributed by atoms with van der Waals surface area (Å²) in [5.41, 5.74) is -3.70. The fourth-order valence-corrected chi connectivity index (χ4v) is 6.62. The summed E-state index contributed by atoms with van der Waals surface area (Å²) < 4.78 is 15.3. The molecule has 1 aromatic heterocycles. The molecule has 1 aromatic rings. The third kappa shape index (κ3) is 4.38. The van der Waals surface area contributed by atoms with E-state index in [9.17, 15) is 24.2 Å². The van der Waals surface area contributed by atoms with Crippen molar-refractivity contribution >= 4 is 46.3 Å². The van der Waals surface area contributed by atoms with Crippen molar-refractivity contribution < 1.29 is 24.2 Å². The van der Waals surface area contributed by atoms with Crippen LogP contribution in [0, 0.1) is 31.6 Å². The van der Waals surface area contributed by atoms with Gasteiger partial charge in [0, 0.05) is 18.9 Å². The molecule has 0 saturated carbocycles. The monoisotopic (exact) mass is 568 g/mol. The third-order valence-electron chi connectivity index (χ3n) is 6.93. The fourth-order valence-electron chi connectivity index (χ4n) is 5.61. The first-order chi connectivity index (χ1) is 13.9. The summed E-state index contributed by atoms with van der Waals surface area (Å²) in [6.07, 6.45) is -1.22. The summed E-state index contributed by atoms with van der Waals surface area (Å²) in [7, 11) is 0. The second-order valence-electron chi connectivity index (χ2n) is 10.7. The Kier molecular flexibility index (Phi) is 7.00. The first-order valence-electron chi connectivity index (χ1n) is 10.1. The highest BCUT2D eigenvalue weighted by Crippen LogP contribution is 2.60. The van der Waals surface area contributed by atoms with Gasteiger partial charge in [-0.1, -0.05) is 53.1 Å². The van der Waals surface area contributed by atoms with E-state index in [0.29, 0.717) is 0 Å². The molecule has 2 rings (SSSR count). The minimum absolute atomic E-state index is 0.00594. The Bertz CT molecular complexity index is 899. The number of hydrogen-bond donors (Lipinski definition) is 2. The highest BCUT2D eigenvalue weighted by atomic mass is 127. The lowest BCUT2D eigenvalue weighted by Crippen LogP contribution is -2.72. The molecule has 0 aromatic carbocycles. The first-order valence-corrected chi connectivity index (χ1v) is 11.6. The normalized spacial score (nSPS) is 27.3. The quantitative estimate of drug-likeness (QED) is 0.348. The zero-order chi connectivity index (χ0) is 24.2. The number of hydrogen-bond acceptors (Lipinski definition) is 3. The minimum Gasteiger partial charge on any atom is -0.481 e. The maximum Gasteiger partial charge on any atom is 0.407 e. The molecule has 0 radical (unpaired) electrons. The Morgan fingerprint density at radius 1 is 1.29 bits per heavy atom. The predicted molar refractivity (Wildman–Crippen MR) is 126 cm³/mol. The van der Waals surface area contributed by atoms with Crippen LogP contribution >= 0.6 is 34.2 Å². The SMILES string of the molecule is CC(C)(C)C1[C@@](Cc2nc(Cl)cc(I)c2F)(C(=O)O)CCN(C(=O)O)[C@@]1(C)C(C)(C)C. The summed E-state index contributed by atoms with van der Waals surface area (Å²) in [5, 5.41) is 20.7. The smallest absolute Gasteiger partial charge is 0.407 e. The first kappa shape index (κ1) is 26.1. The molecule has 3 atom stereocenters. The largest absolute Gasteiger partial charge is 0.481 e. The van der Waals surface area contributed by atoms with Gasteiger partial charge in [-0.2, -0.15) is 0 Å². The lowest BCUT2D eigenvalue weighted by molar-refractivity contribution is -0.188. The molecule has 174 valence electrons. The van der Waals surface area contributed by atoms with E-state index in [-0.39, 0.29) is 33.8 Å². The number of pyridine rings is 1. The molecule has 1 amide bonds. The Morgan fingerprint density at radius 2 is 1.84 bits per heavy atom. The van der Waals surface area contributed by atoms with Crippen molar-refractivity contribution in [2.24, 2.45) is 22.2 Å². The number of halogens is 3. The number of nitrogens with zero attached hydrogens (tertiary/aromatic N) is 2. The molecule has 1 aliphatic heterocycles. The van der Waals surface area contributed by atoms with Crippen LogP contribution in [-0.2, 0) is 11.2 Å². The van der Waals surface area contributed by atoms with E-state index in [1.807, 2.05) is 71.1 Å². The molecule has 1 aliphatic rings. The maximum atomic E-state index is 15.0. The zero-order valence-electron chi connectivity index (χ0n) is 19.0. The third-order valence-corrected chi connectivity index (χ3v) is 7.91. The number of aliphatic carboxylic acids is 1. The molecule has 0 bridgehead atoms. The van der Waals surface area contributed by atoms with Crippen LogP contribution < -0.4 is 0 Å². The molecule has 6 nitrogen and oxygen atoms in total. The lowest BCUT2D eigenvalue weighted by atomic mass is 9.47. The number of likely N-dealkylation sites (tertiary alicyclic amines) is 1. The number of rotatable bonds is 3. The number of amides is 1. The average Bonchev–Trinajstić information content (AvgIpc) is 2.56. The van der Waals surface area contributed by atoms with Gasteiger partial charge in [-0.15, -0.1) is 0 Å². The van der Waals surface area contributed by atoms with E-state index in [4.69, 9.17) is 11.6 Å². The molecule has 1 fully saturated rings. The van der Waals surface area contributed by atoms with Gasteiger partial charge < -0.3 is 15.1 Å². The van der Waals surface area contributed by atoms with Crippen LogP contribution in [0.15, 0.2) is 6.07 Å². The summed E-state index contributed by atoms with van der Waals surface area (Å²) in [4.78, 5) is 30.7. The Labute approximate surface area is 201 Å². The maximum absolute atomic E-state index is 15.0. The molecular weight excluding hydrogens is 538 g/mol. The second kappa shape index (κ2) is 8.32. The van der Waals surface area contributed by atoms with Gasteiger partial charge in [0.1, 0.15) is 5.15 Å². The number of piperidine rings is 1. The Balaban J connectivity index is 2.86. The summed E-state index contributed by atoms with van der Waals surface area (Å²) in [6, 6.07) is 1.39. The van der Waals surface area contributed by atoms with E-state index >= 15 is 0 Å². The topological polar surface area (TPSA) is 90.7 Å². The summed E-state index contributed by atoms with van der Waals surface area (Å²) >= 11 is 7.88. The van der Waals surface area contributed by atoms with Gasteiger partial charge in [0.05, 0.1) is 20.2 Å². The summed E-state index contributed by atoms with van der Waals surface area (Å²) in [6.45, 7) is 13.3. The zero-order valence-corrected chi connectivity index (χ0v) is 21.9. The van der Waals surface area contributed by atoms with Crippen molar-refractivity contribution in [2.75, 3.05) is 6.54 Å². The van der Waals surface area contributed by atoms with Gasteiger partial charge in [-0.05, 0) is 52.8 Å². The van der Waals surface area contributed by atoms with Crippen molar-refractivity contribution in [2.45, 2.75) is 66.8 Å². The van der Waals surface area contributed by atoms with Crippen LogP contribution in [-0.4, -0.2) is 44.2 Å². The molecule has 0 aliphatic carbocycles. The number of aromatic nitrogens is 1. The minimum atomic E-state index is -1.44. The van der Waals surface area contributed by atoms with Crippen molar-refractivity contribution in [3.8, 4) is 0 Å². The molecule has 31 heavy (non-hydrogen) atoms. The molecule has 0 spiro atoms. The molecule has 9 heteroatoms.